The van der Waals surface area contributed by atoms with Crippen LogP contribution in [-0.2, 0) is 6.54 Å². The molecule has 3 aromatic rings. The number of fused-ring (bicyclic) bond motifs is 1. The summed E-state index contributed by atoms with van der Waals surface area (Å²) < 4.78 is 2.88. The summed E-state index contributed by atoms with van der Waals surface area (Å²) >= 11 is 3.46. The van der Waals surface area contributed by atoms with Crippen LogP contribution in [0.1, 0.15) is 5.56 Å². The van der Waals surface area contributed by atoms with E-state index in [-0.39, 0.29) is 0 Å². The van der Waals surface area contributed by atoms with Gasteiger partial charge in [0.2, 0.25) is 0 Å². The predicted octanol–water partition coefficient (Wildman–Crippen LogP) is 3.10. The van der Waals surface area contributed by atoms with E-state index in [9.17, 15) is 0 Å². The molecule has 5 heteroatoms. The Kier molecular flexibility index (Phi) is 2.98. The molecule has 0 aliphatic rings. The molecule has 1 aromatic carbocycles. The Morgan fingerprint density at radius 3 is 3.06 bits per heavy atom. The normalized spacial score (nSPS) is 10.7. The van der Waals surface area contributed by atoms with E-state index < -0.39 is 0 Å². The van der Waals surface area contributed by atoms with Crippen molar-refractivity contribution >= 4 is 27.3 Å². The van der Waals surface area contributed by atoms with Crippen molar-refractivity contribution in [1.82, 2.24) is 14.6 Å². The third-order valence-corrected chi connectivity index (χ3v) is 3.17. The van der Waals surface area contributed by atoms with Gasteiger partial charge < -0.3 is 5.32 Å². The molecule has 18 heavy (non-hydrogen) atoms. The minimum absolute atomic E-state index is 0.733. The number of halogens is 1. The topological polar surface area (TPSA) is 42.2 Å². The van der Waals surface area contributed by atoms with E-state index in [4.69, 9.17) is 0 Å². The van der Waals surface area contributed by atoms with Gasteiger partial charge in [-0.3, -0.25) is 0 Å². The Morgan fingerprint density at radius 2 is 2.17 bits per heavy atom. The van der Waals surface area contributed by atoms with Crippen LogP contribution >= 0.6 is 15.9 Å². The van der Waals surface area contributed by atoms with Crippen molar-refractivity contribution in [1.29, 1.82) is 0 Å². The lowest BCUT2D eigenvalue weighted by Gasteiger charge is -2.07. The molecule has 2 aromatic heterocycles. The molecule has 0 saturated carbocycles. The second kappa shape index (κ2) is 4.78. The van der Waals surface area contributed by atoms with Crippen molar-refractivity contribution in [2.75, 3.05) is 5.32 Å². The summed E-state index contributed by atoms with van der Waals surface area (Å²) in [4.78, 5) is 4.33. The zero-order chi connectivity index (χ0) is 12.4. The summed E-state index contributed by atoms with van der Waals surface area (Å²) in [7, 11) is 0. The van der Waals surface area contributed by atoms with Crippen LogP contribution in [0.25, 0.3) is 5.52 Å². The van der Waals surface area contributed by atoms with Gasteiger partial charge in [-0.2, -0.15) is 5.10 Å². The Bertz CT molecular complexity index is 677. The molecule has 0 aliphatic carbocycles. The van der Waals surface area contributed by atoms with Crippen LogP contribution in [0, 0.1) is 0 Å². The van der Waals surface area contributed by atoms with Gasteiger partial charge in [-0.25, -0.2) is 9.50 Å². The zero-order valence-electron chi connectivity index (χ0n) is 9.55. The van der Waals surface area contributed by atoms with Crippen LogP contribution < -0.4 is 5.32 Å². The van der Waals surface area contributed by atoms with Crippen LogP contribution in [0.4, 0.5) is 5.82 Å². The van der Waals surface area contributed by atoms with Gasteiger partial charge in [0.25, 0.3) is 0 Å². The Balaban J connectivity index is 1.83. The molecule has 0 radical (unpaired) electrons. The van der Waals surface area contributed by atoms with Crippen molar-refractivity contribution in [3.05, 3.63) is 59.0 Å². The number of rotatable bonds is 3. The first-order valence-electron chi connectivity index (χ1n) is 5.59. The number of aromatic nitrogens is 3. The van der Waals surface area contributed by atoms with Crippen LogP contribution in [-0.4, -0.2) is 14.6 Å². The number of hydrogen-bond donors (Lipinski definition) is 1. The maximum Gasteiger partial charge on any atom is 0.152 e. The predicted molar refractivity (Wildman–Crippen MR) is 74.5 cm³/mol. The average molecular weight is 303 g/mol. The first-order chi connectivity index (χ1) is 8.83. The molecule has 4 nitrogen and oxygen atoms in total. The van der Waals surface area contributed by atoms with E-state index in [1.165, 1.54) is 5.56 Å². The van der Waals surface area contributed by atoms with Crippen molar-refractivity contribution < 1.29 is 0 Å². The summed E-state index contributed by atoms with van der Waals surface area (Å²) in [5, 5.41) is 7.50. The standard InChI is InChI=1S/C13H11BrN4/c14-11-3-1-2-10(8-11)9-16-13-12-4-5-17-18(12)7-6-15-13/h1-8H,9H2,(H,15,16). The van der Waals surface area contributed by atoms with Crippen LogP contribution in [0.15, 0.2) is 53.4 Å². The van der Waals surface area contributed by atoms with Gasteiger partial charge in [-0.05, 0) is 23.8 Å². The Hall–Kier alpha value is -1.88. The molecule has 2 heterocycles. The third kappa shape index (κ3) is 2.22. The lowest BCUT2D eigenvalue weighted by atomic mass is 10.2. The number of nitrogens with zero attached hydrogens (tertiary/aromatic N) is 3. The minimum atomic E-state index is 0.733. The number of anilines is 1. The molecule has 0 atom stereocenters. The summed E-state index contributed by atoms with van der Waals surface area (Å²) in [5.74, 6) is 0.843. The highest BCUT2D eigenvalue weighted by Gasteiger charge is 2.02. The molecule has 1 N–H and O–H groups in total. The van der Waals surface area contributed by atoms with E-state index in [1.54, 1.807) is 16.9 Å². The fourth-order valence-electron chi connectivity index (χ4n) is 1.83. The van der Waals surface area contributed by atoms with Gasteiger partial charge in [0.1, 0.15) is 5.52 Å². The van der Waals surface area contributed by atoms with Crippen LogP contribution in [0.3, 0.4) is 0 Å². The average Bonchev–Trinajstić information content (AvgIpc) is 2.85. The Labute approximate surface area is 113 Å². The number of benzene rings is 1. The Morgan fingerprint density at radius 1 is 1.22 bits per heavy atom. The molecule has 0 bridgehead atoms. The summed E-state index contributed by atoms with van der Waals surface area (Å²) in [6, 6.07) is 10.1. The highest BCUT2D eigenvalue weighted by Crippen LogP contribution is 2.15. The lowest BCUT2D eigenvalue weighted by Crippen LogP contribution is -2.03. The van der Waals surface area contributed by atoms with E-state index in [1.807, 2.05) is 24.4 Å². The summed E-state index contributed by atoms with van der Waals surface area (Å²) in [5.41, 5.74) is 2.18. The van der Waals surface area contributed by atoms with Crippen molar-refractivity contribution in [2.24, 2.45) is 0 Å². The van der Waals surface area contributed by atoms with Gasteiger partial charge in [0.15, 0.2) is 5.82 Å². The molecule has 0 unspecified atom stereocenters. The molecule has 3 rings (SSSR count). The van der Waals surface area contributed by atoms with Gasteiger partial charge >= 0.3 is 0 Å². The fourth-order valence-corrected chi connectivity index (χ4v) is 2.27. The smallest absolute Gasteiger partial charge is 0.152 e. The lowest BCUT2D eigenvalue weighted by molar-refractivity contribution is 0.942. The second-order valence-electron chi connectivity index (χ2n) is 3.92. The monoisotopic (exact) mass is 302 g/mol. The van der Waals surface area contributed by atoms with Gasteiger partial charge in [0.05, 0.1) is 6.20 Å². The van der Waals surface area contributed by atoms with Gasteiger partial charge in [-0.1, -0.05) is 28.1 Å². The fraction of sp³-hybridized carbons (Fsp3) is 0.0769. The molecule has 0 spiro atoms. The quantitative estimate of drug-likeness (QED) is 0.808. The van der Waals surface area contributed by atoms with Crippen molar-refractivity contribution in [2.45, 2.75) is 6.54 Å². The molecule has 0 fully saturated rings. The summed E-state index contributed by atoms with van der Waals surface area (Å²) in [6.45, 7) is 0.733. The van der Waals surface area contributed by atoms with Gasteiger partial charge in [0, 0.05) is 23.4 Å². The largest absolute Gasteiger partial charge is 0.364 e. The molecule has 90 valence electrons. The summed E-state index contributed by atoms with van der Waals surface area (Å²) in [6.07, 6.45) is 5.34. The zero-order valence-corrected chi connectivity index (χ0v) is 11.1. The highest BCUT2D eigenvalue weighted by molar-refractivity contribution is 9.10. The number of nitrogens with one attached hydrogen (secondary N) is 1. The molecule has 0 saturated heterocycles. The maximum atomic E-state index is 4.33. The van der Waals surface area contributed by atoms with E-state index >= 15 is 0 Å². The molecule has 0 amide bonds. The van der Waals surface area contributed by atoms with E-state index in [2.05, 4.69) is 43.5 Å². The van der Waals surface area contributed by atoms with E-state index in [0.717, 1.165) is 22.4 Å². The van der Waals surface area contributed by atoms with Crippen molar-refractivity contribution in [3.8, 4) is 0 Å². The SMILES string of the molecule is Brc1cccc(CNc2nccn3nccc23)c1. The molecular weight excluding hydrogens is 292 g/mol. The first-order valence-corrected chi connectivity index (χ1v) is 6.39. The molecule has 0 aliphatic heterocycles. The maximum absolute atomic E-state index is 4.33. The van der Waals surface area contributed by atoms with Crippen molar-refractivity contribution in [3.63, 3.8) is 0 Å². The van der Waals surface area contributed by atoms with Crippen LogP contribution in [0.2, 0.25) is 0 Å². The minimum Gasteiger partial charge on any atom is -0.364 e. The first kappa shape index (κ1) is 11.2. The van der Waals surface area contributed by atoms with Crippen LogP contribution in [0.5, 0.6) is 0 Å². The second-order valence-corrected chi connectivity index (χ2v) is 4.84. The number of hydrogen-bond acceptors (Lipinski definition) is 3. The molecular formula is C13H11BrN4. The van der Waals surface area contributed by atoms with Gasteiger partial charge in [-0.15, -0.1) is 0 Å². The highest BCUT2D eigenvalue weighted by atomic mass is 79.9. The third-order valence-electron chi connectivity index (χ3n) is 2.67. The van der Waals surface area contributed by atoms with E-state index in [0.29, 0.717) is 0 Å².